The first-order valence-electron chi connectivity index (χ1n) is 12.1. The van der Waals surface area contributed by atoms with E-state index in [0.29, 0.717) is 11.8 Å². The normalized spacial score (nSPS) is 26.7. The Morgan fingerprint density at radius 3 is 1.88 bits per heavy atom. The predicted molar refractivity (Wildman–Crippen MR) is 136 cm³/mol. The average Bonchev–Trinajstić information content (AvgIpc) is 3.15. The van der Waals surface area contributed by atoms with Crippen molar-refractivity contribution in [2.75, 3.05) is 9.80 Å². The second-order valence-electron chi connectivity index (χ2n) is 10.7. The fraction of sp³-hybridized carbons (Fsp3) is 0.379. The third-order valence-corrected chi connectivity index (χ3v) is 8.13. The van der Waals surface area contributed by atoms with E-state index in [1.165, 1.54) is 11.3 Å². The molecule has 168 valence electrons. The van der Waals surface area contributed by atoms with Crippen LogP contribution in [0.4, 0.5) is 23.0 Å². The summed E-state index contributed by atoms with van der Waals surface area (Å²) in [5, 5.41) is 0. The quantitative estimate of drug-likeness (QED) is 0.407. The summed E-state index contributed by atoms with van der Waals surface area (Å²) in [5.41, 5.74) is 5.86. The van der Waals surface area contributed by atoms with Crippen molar-refractivity contribution in [1.29, 1.82) is 0 Å². The summed E-state index contributed by atoms with van der Waals surface area (Å²) < 4.78 is 0. The third kappa shape index (κ3) is 2.47. The number of anilines is 4. The van der Waals surface area contributed by atoms with Crippen molar-refractivity contribution >= 4 is 23.0 Å². The minimum Gasteiger partial charge on any atom is -0.301 e. The van der Waals surface area contributed by atoms with Gasteiger partial charge in [0.05, 0.1) is 11.4 Å². The Morgan fingerprint density at radius 1 is 0.727 bits per heavy atom. The van der Waals surface area contributed by atoms with E-state index in [9.17, 15) is 0 Å². The topological polar surface area (TPSA) is 32.3 Å². The summed E-state index contributed by atoms with van der Waals surface area (Å²) in [6, 6.07) is 19.6. The van der Waals surface area contributed by atoms with E-state index in [1.807, 2.05) is 0 Å². The summed E-state index contributed by atoms with van der Waals surface area (Å²) >= 11 is 0. The molecule has 3 unspecified atom stereocenters. The Morgan fingerprint density at radius 2 is 1.30 bits per heavy atom. The smallest absolute Gasteiger partial charge is 0.179 e. The van der Waals surface area contributed by atoms with Crippen LogP contribution in [-0.2, 0) is 5.41 Å². The molecule has 0 saturated heterocycles. The number of allylic oxidation sites excluding steroid dienone is 1. The maximum Gasteiger partial charge on any atom is 0.179 e. The van der Waals surface area contributed by atoms with E-state index in [4.69, 9.17) is 9.97 Å². The van der Waals surface area contributed by atoms with Crippen molar-refractivity contribution < 1.29 is 0 Å². The summed E-state index contributed by atoms with van der Waals surface area (Å²) in [5.74, 6) is 2.58. The van der Waals surface area contributed by atoms with E-state index in [0.717, 1.165) is 28.7 Å². The van der Waals surface area contributed by atoms with E-state index in [1.54, 1.807) is 0 Å². The van der Waals surface area contributed by atoms with Gasteiger partial charge in [-0.2, -0.15) is 0 Å². The van der Waals surface area contributed by atoms with Crippen molar-refractivity contribution in [1.82, 2.24) is 9.97 Å². The molecule has 1 aliphatic carbocycles. The van der Waals surface area contributed by atoms with E-state index < -0.39 is 0 Å². The molecule has 1 aromatic heterocycles. The summed E-state index contributed by atoms with van der Waals surface area (Å²) in [6.07, 6.45) is 4.85. The van der Waals surface area contributed by atoms with Crippen molar-refractivity contribution in [3.63, 3.8) is 0 Å². The van der Waals surface area contributed by atoms with Crippen molar-refractivity contribution in [2.45, 2.75) is 65.0 Å². The maximum absolute atomic E-state index is 5.37. The van der Waals surface area contributed by atoms with E-state index in [2.05, 4.69) is 118 Å². The summed E-state index contributed by atoms with van der Waals surface area (Å²) in [6.45, 7) is 13.7. The molecule has 4 nitrogen and oxygen atoms in total. The highest BCUT2D eigenvalue weighted by atomic mass is 15.5. The predicted octanol–water partition coefficient (Wildman–Crippen LogP) is 7.19. The number of benzene rings is 2. The van der Waals surface area contributed by atoms with Gasteiger partial charge < -0.3 is 9.80 Å². The molecule has 0 bridgehead atoms. The number of hydrogen-bond acceptors (Lipinski definition) is 4. The monoisotopic (exact) mass is 436 g/mol. The Hall–Kier alpha value is -3.14. The molecule has 2 aliphatic heterocycles. The minimum absolute atomic E-state index is 0.0401. The molecule has 33 heavy (non-hydrogen) atoms. The van der Waals surface area contributed by atoms with Crippen LogP contribution in [0.5, 0.6) is 0 Å². The first-order valence-corrected chi connectivity index (χ1v) is 12.1. The zero-order valence-corrected chi connectivity index (χ0v) is 20.4. The zero-order chi connectivity index (χ0) is 23.1. The van der Waals surface area contributed by atoms with Gasteiger partial charge in [0.2, 0.25) is 0 Å². The first-order chi connectivity index (χ1) is 15.8. The highest BCUT2D eigenvalue weighted by Gasteiger charge is 2.64. The van der Waals surface area contributed by atoms with Gasteiger partial charge in [0.1, 0.15) is 6.17 Å². The van der Waals surface area contributed by atoms with Gasteiger partial charge in [0.25, 0.3) is 0 Å². The number of para-hydroxylation sites is 2. The number of nitrogens with zero attached hydrogens (tertiary/aromatic N) is 4. The van der Waals surface area contributed by atoms with Crippen LogP contribution in [-0.4, -0.2) is 16.1 Å². The Bertz CT molecular complexity index is 1280. The Balaban J connectivity index is 1.70. The van der Waals surface area contributed by atoms with Crippen LogP contribution in [0, 0.1) is 5.41 Å². The molecule has 0 spiro atoms. The zero-order valence-electron chi connectivity index (χ0n) is 20.4. The molecule has 0 N–H and O–H groups in total. The van der Waals surface area contributed by atoms with Crippen molar-refractivity contribution in [3.05, 3.63) is 83.7 Å². The van der Waals surface area contributed by atoms with Crippen LogP contribution < -0.4 is 9.80 Å². The van der Waals surface area contributed by atoms with Crippen molar-refractivity contribution in [3.8, 4) is 0 Å². The molecule has 0 radical (unpaired) electrons. The molecule has 3 aliphatic rings. The van der Waals surface area contributed by atoms with Gasteiger partial charge in [-0.3, -0.25) is 0 Å². The molecule has 3 aromatic rings. The van der Waals surface area contributed by atoms with Gasteiger partial charge in [-0.25, -0.2) is 9.97 Å². The summed E-state index contributed by atoms with van der Waals surface area (Å²) in [4.78, 5) is 15.6. The van der Waals surface area contributed by atoms with E-state index >= 15 is 0 Å². The van der Waals surface area contributed by atoms with Gasteiger partial charge >= 0.3 is 0 Å². The van der Waals surface area contributed by atoms with E-state index in [-0.39, 0.29) is 17.0 Å². The molecule has 0 fully saturated rings. The number of rotatable bonds is 3. The molecule has 0 amide bonds. The SMILES string of the molecule is CC(C)c1nc2c(nc1C(C)C)N1c3ccccc3C3(C)C=CC3(C)C1N2c1ccccc1. The van der Waals surface area contributed by atoms with Crippen LogP contribution in [0.3, 0.4) is 0 Å². The lowest BCUT2D eigenvalue weighted by Gasteiger charge is -2.61. The number of hydrogen-bond donors (Lipinski definition) is 0. The highest BCUT2D eigenvalue weighted by molar-refractivity contribution is 5.88. The van der Waals surface area contributed by atoms with Gasteiger partial charge in [0.15, 0.2) is 11.6 Å². The Labute approximate surface area is 197 Å². The Kier molecular flexibility index (Phi) is 4.15. The molecular formula is C29H32N4. The second kappa shape index (κ2) is 6.69. The first kappa shape index (κ1) is 20.5. The molecule has 4 heteroatoms. The van der Waals surface area contributed by atoms with Crippen LogP contribution in [0.1, 0.15) is 70.3 Å². The largest absolute Gasteiger partial charge is 0.301 e. The molecule has 3 heterocycles. The lowest BCUT2D eigenvalue weighted by Crippen LogP contribution is -2.64. The molecule has 6 rings (SSSR count). The van der Waals surface area contributed by atoms with Gasteiger partial charge in [0, 0.05) is 22.2 Å². The van der Waals surface area contributed by atoms with Gasteiger partial charge in [-0.15, -0.1) is 0 Å². The molecular weight excluding hydrogens is 404 g/mol. The fourth-order valence-corrected chi connectivity index (χ4v) is 6.05. The van der Waals surface area contributed by atoms with Crippen LogP contribution in [0.2, 0.25) is 0 Å². The van der Waals surface area contributed by atoms with Crippen LogP contribution >= 0.6 is 0 Å². The number of fused-ring (bicyclic) bond motifs is 8. The molecule has 0 saturated carbocycles. The average molecular weight is 437 g/mol. The fourth-order valence-electron chi connectivity index (χ4n) is 6.05. The molecule has 2 aromatic carbocycles. The van der Waals surface area contributed by atoms with Crippen molar-refractivity contribution in [2.24, 2.45) is 5.41 Å². The van der Waals surface area contributed by atoms with Gasteiger partial charge in [-0.1, -0.05) is 90.1 Å². The second-order valence-corrected chi connectivity index (χ2v) is 10.7. The van der Waals surface area contributed by atoms with Gasteiger partial charge in [-0.05, 0) is 35.6 Å². The summed E-state index contributed by atoms with van der Waals surface area (Å²) in [7, 11) is 0. The lowest BCUT2D eigenvalue weighted by molar-refractivity contribution is 0.174. The standard InChI is InChI=1S/C29H32N4/c1-18(2)23-24(19(3)4)31-26-25(30-23)32(20-12-8-7-9-13-20)27-29(6)17-16-28(29,5)21-14-10-11-15-22(21)33(26)27/h7-19,27H,1-6H3. The van der Waals surface area contributed by atoms with Crippen LogP contribution in [0.15, 0.2) is 66.7 Å². The maximum atomic E-state index is 5.37. The third-order valence-electron chi connectivity index (χ3n) is 8.13. The minimum atomic E-state index is -0.0877. The molecule has 3 atom stereocenters. The van der Waals surface area contributed by atoms with Crippen LogP contribution in [0.25, 0.3) is 0 Å². The highest BCUT2D eigenvalue weighted by Crippen LogP contribution is 2.66. The number of aromatic nitrogens is 2. The lowest BCUT2D eigenvalue weighted by atomic mass is 9.51.